The number of hydrogen-bond donors (Lipinski definition) is 2. The Bertz CT molecular complexity index is 378. The lowest BCUT2D eigenvalue weighted by atomic mass is 10.2. The number of amides is 1. The zero-order valence-corrected chi connectivity index (χ0v) is 11.3. The maximum Gasteiger partial charge on any atom is 0.258 e. The Morgan fingerprint density at radius 2 is 2.17 bits per heavy atom. The highest BCUT2D eigenvalue weighted by molar-refractivity contribution is 5.77. The van der Waals surface area contributed by atoms with Gasteiger partial charge in [0.1, 0.15) is 5.75 Å². The van der Waals surface area contributed by atoms with Crippen molar-refractivity contribution in [2.24, 2.45) is 0 Å². The second kappa shape index (κ2) is 7.71. The highest BCUT2D eigenvalue weighted by atomic mass is 16.5. The molecule has 0 aliphatic heterocycles. The van der Waals surface area contributed by atoms with Crippen molar-refractivity contribution in [3.8, 4) is 5.75 Å². The van der Waals surface area contributed by atoms with E-state index in [1.165, 1.54) is 0 Å². The van der Waals surface area contributed by atoms with E-state index in [1.807, 2.05) is 38.1 Å². The number of hydrogen-bond acceptors (Lipinski definition) is 3. The maximum atomic E-state index is 11.4. The number of carbonyl (C=O) groups is 1. The maximum absolute atomic E-state index is 11.4. The fraction of sp³-hybridized carbons (Fsp3) is 0.500. The van der Waals surface area contributed by atoms with Crippen LogP contribution in [0.15, 0.2) is 24.3 Å². The lowest BCUT2D eigenvalue weighted by molar-refractivity contribution is -0.123. The largest absolute Gasteiger partial charge is 0.484 e. The Hall–Kier alpha value is -1.55. The molecule has 0 unspecified atom stereocenters. The van der Waals surface area contributed by atoms with Gasteiger partial charge in [0.25, 0.3) is 5.91 Å². The fourth-order valence-corrected chi connectivity index (χ4v) is 1.53. The van der Waals surface area contributed by atoms with Gasteiger partial charge >= 0.3 is 0 Å². The van der Waals surface area contributed by atoms with Gasteiger partial charge < -0.3 is 15.4 Å². The van der Waals surface area contributed by atoms with E-state index in [0.29, 0.717) is 0 Å². The van der Waals surface area contributed by atoms with E-state index in [9.17, 15) is 4.79 Å². The molecule has 0 aromatic heterocycles. The molecule has 0 heterocycles. The van der Waals surface area contributed by atoms with E-state index in [2.05, 4.69) is 17.6 Å². The molecule has 0 saturated heterocycles. The number of ether oxygens (including phenoxy) is 1. The summed E-state index contributed by atoms with van der Waals surface area (Å²) in [5.41, 5.74) is 1.15. The third-order valence-corrected chi connectivity index (χ3v) is 2.30. The summed E-state index contributed by atoms with van der Waals surface area (Å²) in [6, 6.07) is 7.91. The Labute approximate surface area is 109 Å². The van der Waals surface area contributed by atoms with Gasteiger partial charge in [-0.05, 0) is 38.1 Å². The molecule has 4 nitrogen and oxygen atoms in total. The van der Waals surface area contributed by atoms with Crippen LogP contribution in [0.3, 0.4) is 0 Å². The van der Waals surface area contributed by atoms with Crippen LogP contribution in [0.1, 0.15) is 26.3 Å². The Kier molecular flexibility index (Phi) is 6.22. The number of benzene rings is 1. The fourth-order valence-electron chi connectivity index (χ4n) is 1.53. The Balaban J connectivity index is 2.44. The van der Waals surface area contributed by atoms with Gasteiger partial charge in [-0.1, -0.05) is 19.1 Å². The summed E-state index contributed by atoms with van der Waals surface area (Å²) in [6.45, 7) is 7.72. The van der Waals surface area contributed by atoms with Crippen molar-refractivity contribution in [2.75, 3.05) is 13.2 Å². The average molecular weight is 250 g/mol. The van der Waals surface area contributed by atoms with E-state index >= 15 is 0 Å². The monoisotopic (exact) mass is 250 g/mol. The van der Waals surface area contributed by atoms with Crippen molar-refractivity contribution in [3.05, 3.63) is 29.8 Å². The minimum absolute atomic E-state index is 0.0584. The van der Waals surface area contributed by atoms with Gasteiger partial charge in [0.15, 0.2) is 6.61 Å². The van der Waals surface area contributed by atoms with Gasteiger partial charge in [-0.15, -0.1) is 0 Å². The highest BCUT2D eigenvalue weighted by Gasteiger charge is 2.04. The molecule has 1 aromatic carbocycles. The lowest BCUT2D eigenvalue weighted by Gasteiger charge is -2.10. The van der Waals surface area contributed by atoms with Gasteiger partial charge in [0, 0.05) is 12.6 Å². The van der Waals surface area contributed by atoms with E-state index in [4.69, 9.17) is 4.74 Å². The molecule has 0 aliphatic carbocycles. The van der Waals surface area contributed by atoms with Crippen molar-refractivity contribution >= 4 is 5.91 Å². The lowest BCUT2D eigenvalue weighted by Crippen LogP contribution is -2.34. The number of carbonyl (C=O) groups excluding carboxylic acids is 1. The summed E-state index contributed by atoms with van der Waals surface area (Å²) in [7, 11) is 0. The van der Waals surface area contributed by atoms with Gasteiger partial charge in [-0.2, -0.15) is 0 Å². The van der Waals surface area contributed by atoms with Gasteiger partial charge in [0.2, 0.25) is 0 Å². The van der Waals surface area contributed by atoms with Crippen LogP contribution in [0.2, 0.25) is 0 Å². The summed E-state index contributed by atoms with van der Waals surface area (Å²) in [6.07, 6.45) is 0. The molecular weight excluding hydrogens is 228 g/mol. The van der Waals surface area contributed by atoms with E-state index < -0.39 is 0 Å². The first kappa shape index (κ1) is 14.5. The second-order valence-corrected chi connectivity index (χ2v) is 4.44. The summed E-state index contributed by atoms with van der Waals surface area (Å²) >= 11 is 0. The van der Waals surface area contributed by atoms with Crippen LogP contribution < -0.4 is 15.4 Å². The van der Waals surface area contributed by atoms with Crippen molar-refractivity contribution < 1.29 is 9.53 Å². The van der Waals surface area contributed by atoms with Crippen molar-refractivity contribution in [1.29, 1.82) is 0 Å². The number of rotatable bonds is 7. The molecule has 0 bridgehead atoms. The first-order valence-electron chi connectivity index (χ1n) is 6.33. The average Bonchev–Trinajstić information content (AvgIpc) is 2.33. The minimum atomic E-state index is -0.0953. The predicted molar refractivity (Wildman–Crippen MR) is 72.6 cm³/mol. The normalized spacial score (nSPS) is 10.4. The molecule has 0 radical (unpaired) electrons. The first-order chi connectivity index (χ1) is 8.61. The third-order valence-electron chi connectivity index (χ3n) is 2.30. The molecule has 0 aliphatic rings. The van der Waals surface area contributed by atoms with Crippen LogP contribution in [0, 0.1) is 0 Å². The molecule has 0 fully saturated rings. The second-order valence-electron chi connectivity index (χ2n) is 4.44. The van der Waals surface area contributed by atoms with E-state index in [1.54, 1.807) is 0 Å². The van der Waals surface area contributed by atoms with Crippen LogP contribution in [0.25, 0.3) is 0 Å². The van der Waals surface area contributed by atoms with Crippen LogP contribution >= 0.6 is 0 Å². The standard InChI is InChI=1S/C14H22N2O2/c1-4-15-9-12-6-5-7-13(8-12)18-10-14(17)16-11(2)3/h5-8,11,15H,4,9-10H2,1-3H3,(H,16,17). The molecule has 0 atom stereocenters. The molecule has 4 heteroatoms. The SMILES string of the molecule is CCNCc1cccc(OCC(=O)NC(C)C)c1. The molecule has 1 amide bonds. The topological polar surface area (TPSA) is 50.4 Å². The van der Waals surface area contributed by atoms with Crippen LogP contribution in [0.4, 0.5) is 0 Å². The molecule has 0 spiro atoms. The van der Waals surface area contributed by atoms with Crippen molar-refractivity contribution in [3.63, 3.8) is 0 Å². The van der Waals surface area contributed by atoms with Crippen LogP contribution in [0.5, 0.6) is 5.75 Å². The van der Waals surface area contributed by atoms with Crippen molar-refractivity contribution in [1.82, 2.24) is 10.6 Å². The molecule has 100 valence electrons. The van der Waals surface area contributed by atoms with E-state index in [0.717, 1.165) is 24.4 Å². The smallest absolute Gasteiger partial charge is 0.258 e. The number of nitrogens with one attached hydrogen (secondary N) is 2. The third kappa shape index (κ3) is 5.68. The summed E-state index contributed by atoms with van der Waals surface area (Å²) in [4.78, 5) is 11.4. The Morgan fingerprint density at radius 3 is 2.83 bits per heavy atom. The molecule has 2 N–H and O–H groups in total. The first-order valence-corrected chi connectivity index (χ1v) is 6.33. The van der Waals surface area contributed by atoms with Crippen LogP contribution in [-0.4, -0.2) is 25.1 Å². The van der Waals surface area contributed by atoms with E-state index in [-0.39, 0.29) is 18.6 Å². The summed E-state index contributed by atoms with van der Waals surface area (Å²) in [5.74, 6) is 0.631. The van der Waals surface area contributed by atoms with Gasteiger partial charge in [-0.25, -0.2) is 0 Å². The zero-order valence-electron chi connectivity index (χ0n) is 11.3. The summed E-state index contributed by atoms with van der Waals surface area (Å²) in [5, 5.41) is 6.03. The highest BCUT2D eigenvalue weighted by Crippen LogP contribution is 2.13. The van der Waals surface area contributed by atoms with Gasteiger partial charge in [0.05, 0.1) is 0 Å². The molecule has 1 aromatic rings. The molecule has 0 saturated carbocycles. The van der Waals surface area contributed by atoms with Crippen molar-refractivity contribution in [2.45, 2.75) is 33.4 Å². The molecule has 18 heavy (non-hydrogen) atoms. The Morgan fingerprint density at radius 1 is 1.39 bits per heavy atom. The minimum Gasteiger partial charge on any atom is -0.484 e. The van der Waals surface area contributed by atoms with Gasteiger partial charge in [-0.3, -0.25) is 4.79 Å². The molecule has 1 rings (SSSR count). The zero-order chi connectivity index (χ0) is 13.4. The summed E-state index contributed by atoms with van der Waals surface area (Å²) < 4.78 is 5.45. The van der Waals surface area contributed by atoms with Crippen LogP contribution in [-0.2, 0) is 11.3 Å². The predicted octanol–water partition coefficient (Wildman–Crippen LogP) is 1.70. The quantitative estimate of drug-likeness (QED) is 0.774. The molecular formula is C14H22N2O2.